The maximum absolute atomic E-state index is 9.96. The van der Waals surface area contributed by atoms with Crippen LogP contribution >= 0.6 is 0 Å². The first-order valence-electron chi connectivity index (χ1n) is 7.33. The Morgan fingerprint density at radius 1 is 1.13 bits per heavy atom. The Labute approximate surface area is 132 Å². The molecule has 0 amide bonds. The van der Waals surface area contributed by atoms with E-state index in [2.05, 4.69) is 0 Å². The summed E-state index contributed by atoms with van der Waals surface area (Å²) in [7, 11) is 1.24. The Bertz CT molecular complexity index is 365. The molecule has 9 atom stereocenters. The number of fused-ring (bicyclic) bond motifs is 2. The second kappa shape index (κ2) is 8.12. The molecule has 10 heteroatoms. The quantitative estimate of drug-likeness (QED) is 0.257. The van der Waals surface area contributed by atoms with Crippen molar-refractivity contribution in [3.63, 3.8) is 0 Å². The lowest BCUT2D eigenvalue weighted by Gasteiger charge is -2.36. The summed E-state index contributed by atoms with van der Waals surface area (Å²) in [6.45, 7) is -0.843. The lowest BCUT2D eigenvalue weighted by molar-refractivity contribution is -0.244. The lowest BCUT2D eigenvalue weighted by Crippen LogP contribution is -2.56. The van der Waals surface area contributed by atoms with E-state index in [4.69, 9.17) is 24.1 Å². The van der Waals surface area contributed by atoms with Gasteiger partial charge in [-0.25, -0.2) is 0 Å². The number of methoxy groups -OCH3 is 1. The van der Waals surface area contributed by atoms with E-state index in [0.29, 0.717) is 0 Å². The van der Waals surface area contributed by atoms with Gasteiger partial charge in [0, 0.05) is 7.11 Å². The summed E-state index contributed by atoms with van der Waals surface area (Å²) in [6, 6.07) is 0. The minimum atomic E-state index is -1.63. The molecular weight excluding hydrogens is 316 g/mol. The van der Waals surface area contributed by atoms with Crippen molar-refractivity contribution in [3.05, 3.63) is 0 Å². The van der Waals surface area contributed by atoms with Crippen molar-refractivity contribution in [2.45, 2.75) is 55.1 Å². The average Bonchev–Trinajstić information content (AvgIpc) is 2.99. The largest absolute Gasteiger partial charge is 0.394 e. The molecule has 2 saturated heterocycles. The van der Waals surface area contributed by atoms with Crippen molar-refractivity contribution in [1.29, 1.82) is 0 Å². The summed E-state index contributed by atoms with van der Waals surface area (Å²) in [6.07, 6.45) is -10.7. The van der Waals surface area contributed by atoms with Gasteiger partial charge in [-0.05, 0) is 0 Å². The topological polar surface area (TPSA) is 158 Å². The van der Waals surface area contributed by atoms with Gasteiger partial charge in [0.05, 0.1) is 19.8 Å². The van der Waals surface area contributed by atoms with E-state index < -0.39 is 68.3 Å². The van der Waals surface area contributed by atoms with Gasteiger partial charge in [0.2, 0.25) is 0 Å². The fourth-order valence-electron chi connectivity index (χ4n) is 2.65. The zero-order chi connectivity index (χ0) is 17.1. The van der Waals surface area contributed by atoms with Crippen LogP contribution in [-0.2, 0) is 18.9 Å². The highest BCUT2D eigenvalue weighted by Crippen LogP contribution is 2.30. The van der Waals surface area contributed by atoms with Crippen LogP contribution in [0.25, 0.3) is 0 Å². The molecule has 2 heterocycles. The van der Waals surface area contributed by atoms with Gasteiger partial charge in [0.25, 0.3) is 0 Å². The number of hydrogen-bond acceptors (Lipinski definition) is 10. The lowest BCUT2D eigenvalue weighted by atomic mass is 10.0. The second-order valence-electron chi connectivity index (χ2n) is 5.66. The standard InChI is InChI=1S/C13H24O10/c1-20-6(2-14)9(17)8(16)5(15)3-21-12-7-4-22-13(23-7)11(19)10(12)18/h5-19H,2-4H2,1H3/t5-,6?,7?,8?,9-,10?,11+,12-,13-/m1/s1. The van der Waals surface area contributed by atoms with E-state index >= 15 is 0 Å². The van der Waals surface area contributed by atoms with Crippen molar-refractivity contribution in [3.8, 4) is 0 Å². The third-order valence-corrected chi connectivity index (χ3v) is 4.13. The normalized spacial score (nSPS) is 39.0. The van der Waals surface area contributed by atoms with Crippen LogP contribution in [0.2, 0.25) is 0 Å². The highest BCUT2D eigenvalue weighted by atomic mass is 16.7. The molecule has 2 aliphatic rings. The SMILES string of the molecule is COC(CO)[C@@H](O)C(O)[C@H](O)CO[C@@H]1C2CO[C@H](O2)[C@@H](O)C1O. The van der Waals surface area contributed by atoms with Crippen LogP contribution < -0.4 is 0 Å². The third-order valence-electron chi connectivity index (χ3n) is 4.13. The van der Waals surface area contributed by atoms with Crippen LogP contribution in [0.1, 0.15) is 0 Å². The molecule has 0 saturated carbocycles. The first-order valence-corrected chi connectivity index (χ1v) is 7.33. The van der Waals surface area contributed by atoms with Gasteiger partial charge in [-0.2, -0.15) is 0 Å². The molecule has 23 heavy (non-hydrogen) atoms. The summed E-state index contributed by atoms with van der Waals surface area (Å²) in [5.74, 6) is 0. The molecule has 0 radical (unpaired) electrons. The summed E-state index contributed by atoms with van der Waals surface area (Å²) < 4.78 is 20.5. The van der Waals surface area contributed by atoms with Crippen molar-refractivity contribution in [1.82, 2.24) is 0 Å². The monoisotopic (exact) mass is 340 g/mol. The molecule has 2 bridgehead atoms. The summed E-state index contributed by atoms with van der Waals surface area (Å²) in [5, 5.41) is 58.3. The van der Waals surface area contributed by atoms with E-state index in [-0.39, 0.29) is 6.61 Å². The van der Waals surface area contributed by atoms with E-state index in [9.17, 15) is 25.5 Å². The molecule has 2 fully saturated rings. The highest BCUT2D eigenvalue weighted by Gasteiger charge is 2.50. The van der Waals surface area contributed by atoms with Crippen LogP contribution in [0, 0.1) is 0 Å². The molecule has 0 aromatic carbocycles. The molecule has 6 N–H and O–H groups in total. The van der Waals surface area contributed by atoms with Gasteiger partial charge in [-0.1, -0.05) is 0 Å². The molecule has 2 aliphatic heterocycles. The van der Waals surface area contributed by atoms with Gasteiger partial charge in [-0.15, -0.1) is 0 Å². The van der Waals surface area contributed by atoms with Crippen LogP contribution in [-0.4, -0.2) is 113 Å². The van der Waals surface area contributed by atoms with Crippen molar-refractivity contribution in [2.75, 3.05) is 26.9 Å². The molecule has 136 valence electrons. The zero-order valence-electron chi connectivity index (χ0n) is 12.6. The van der Waals surface area contributed by atoms with Crippen molar-refractivity contribution in [2.24, 2.45) is 0 Å². The number of rotatable bonds is 8. The van der Waals surface area contributed by atoms with E-state index in [0.717, 1.165) is 0 Å². The predicted molar refractivity (Wildman–Crippen MR) is 72.3 cm³/mol. The van der Waals surface area contributed by atoms with E-state index in [1.165, 1.54) is 7.11 Å². The van der Waals surface area contributed by atoms with Gasteiger partial charge >= 0.3 is 0 Å². The number of aliphatic hydroxyl groups is 6. The van der Waals surface area contributed by atoms with Crippen LogP contribution in [0.3, 0.4) is 0 Å². The Morgan fingerprint density at radius 2 is 1.83 bits per heavy atom. The first kappa shape index (κ1) is 18.9. The van der Waals surface area contributed by atoms with Crippen molar-refractivity contribution < 1.29 is 49.6 Å². The number of ether oxygens (including phenoxy) is 4. The third kappa shape index (κ3) is 3.99. The molecular formula is C13H24O10. The Hall–Kier alpha value is -0.400. The predicted octanol–water partition coefficient (Wildman–Crippen LogP) is -4.06. The van der Waals surface area contributed by atoms with Gasteiger partial charge in [-0.3, -0.25) is 0 Å². The molecule has 0 aromatic heterocycles. The smallest absolute Gasteiger partial charge is 0.186 e. The van der Waals surface area contributed by atoms with Crippen LogP contribution in [0.5, 0.6) is 0 Å². The highest BCUT2D eigenvalue weighted by molar-refractivity contribution is 4.94. The molecule has 0 aliphatic carbocycles. The number of hydrogen-bond donors (Lipinski definition) is 6. The zero-order valence-corrected chi connectivity index (χ0v) is 12.6. The van der Waals surface area contributed by atoms with Gasteiger partial charge < -0.3 is 49.6 Å². The first-order chi connectivity index (χ1) is 10.9. The molecule has 0 aromatic rings. The van der Waals surface area contributed by atoms with E-state index in [1.54, 1.807) is 0 Å². The van der Waals surface area contributed by atoms with E-state index in [1.807, 2.05) is 0 Å². The summed E-state index contributed by atoms with van der Waals surface area (Å²) in [5.41, 5.74) is 0. The molecule has 0 spiro atoms. The van der Waals surface area contributed by atoms with Crippen LogP contribution in [0.15, 0.2) is 0 Å². The molecule has 10 nitrogen and oxygen atoms in total. The summed E-state index contributed by atoms with van der Waals surface area (Å²) in [4.78, 5) is 0. The Morgan fingerprint density at radius 3 is 2.43 bits per heavy atom. The second-order valence-corrected chi connectivity index (χ2v) is 5.66. The fourth-order valence-corrected chi connectivity index (χ4v) is 2.65. The minimum absolute atomic E-state index is 0.126. The van der Waals surface area contributed by atoms with Crippen molar-refractivity contribution >= 4 is 0 Å². The van der Waals surface area contributed by atoms with Gasteiger partial charge in [0.15, 0.2) is 6.29 Å². The Balaban J connectivity index is 1.87. The molecule has 2 rings (SSSR count). The summed E-state index contributed by atoms with van der Waals surface area (Å²) >= 11 is 0. The minimum Gasteiger partial charge on any atom is -0.394 e. The average molecular weight is 340 g/mol. The fraction of sp³-hybridized carbons (Fsp3) is 1.00. The Kier molecular flexibility index (Phi) is 6.68. The van der Waals surface area contributed by atoms with Gasteiger partial charge in [0.1, 0.15) is 48.8 Å². The molecule has 4 unspecified atom stereocenters. The maximum Gasteiger partial charge on any atom is 0.186 e. The maximum atomic E-state index is 9.96. The number of aliphatic hydroxyl groups excluding tert-OH is 6. The van der Waals surface area contributed by atoms with Crippen LogP contribution in [0.4, 0.5) is 0 Å².